The number of rotatable bonds is 2. The number of hydrogen-bond donors (Lipinski definition) is 2. The van der Waals surface area contributed by atoms with Gasteiger partial charge in [-0.05, 0) is 44.2 Å². The van der Waals surface area contributed by atoms with Crippen molar-refractivity contribution in [1.29, 1.82) is 0 Å². The molecule has 2 aromatic carbocycles. The summed E-state index contributed by atoms with van der Waals surface area (Å²) < 4.78 is 19.5. The lowest BCUT2D eigenvalue weighted by Crippen LogP contribution is -2.41. The number of carbonyl (C=O) groups is 1. The molecule has 0 aliphatic carbocycles. The highest BCUT2D eigenvalue weighted by molar-refractivity contribution is 6.34. The molecule has 0 spiro atoms. The molecule has 3 N–H and O–H groups in total. The molecule has 1 heterocycles. The van der Waals surface area contributed by atoms with Crippen molar-refractivity contribution in [3.63, 3.8) is 0 Å². The van der Waals surface area contributed by atoms with Gasteiger partial charge in [0.2, 0.25) is 0 Å². The van der Waals surface area contributed by atoms with Crippen LogP contribution in [0.25, 0.3) is 0 Å². The van der Waals surface area contributed by atoms with E-state index in [1.807, 2.05) is 13.8 Å². The maximum atomic E-state index is 13.6. The van der Waals surface area contributed by atoms with Gasteiger partial charge in [0.15, 0.2) is 0 Å². The van der Waals surface area contributed by atoms with E-state index in [-0.39, 0.29) is 29.0 Å². The SMILES string of the molecule is CC1(C)CC(NC(=O)c2cccc(F)c2Cl)c2cc(N)ccc2O1.Cl. The molecule has 1 unspecified atom stereocenters. The lowest BCUT2D eigenvalue weighted by atomic mass is 9.89. The lowest BCUT2D eigenvalue weighted by molar-refractivity contribution is 0.0620. The Bertz CT molecular complexity index is 812. The molecule has 1 aliphatic heterocycles. The Morgan fingerprint density at radius 1 is 1.36 bits per heavy atom. The molecule has 0 radical (unpaired) electrons. The molecule has 25 heavy (non-hydrogen) atoms. The third-order valence-electron chi connectivity index (χ3n) is 3.99. The molecule has 0 saturated heterocycles. The van der Waals surface area contributed by atoms with Crippen molar-refractivity contribution < 1.29 is 13.9 Å². The summed E-state index contributed by atoms with van der Waals surface area (Å²) in [5, 5.41) is 2.73. The van der Waals surface area contributed by atoms with Crippen molar-refractivity contribution in [3.05, 3.63) is 58.4 Å². The Kier molecular flexibility index (Phi) is 5.49. The van der Waals surface area contributed by atoms with E-state index in [1.54, 1.807) is 18.2 Å². The summed E-state index contributed by atoms with van der Waals surface area (Å²) in [7, 11) is 0. The van der Waals surface area contributed by atoms with E-state index in [2.05, 4.69) is 5.32 Å². The fourth-order valence-electron chi connectivity index (χ4n) is 2.92. The van der Waals surface area contributed by atoms with Gasteiger partial charge in [-0.3, -0.25) is 4.79 Å². The lowest BCUT2D eigenvalue weighted by Gasteiger charge is -2.38. The van der Waals surface area contributed by atoms with Gasteiger partial charge in [0.25, 0.3) is 5.91 Å². The van der Waals surface area contributed by atoms with Crippen LogP contribution in [-0.4, -0.2) is 11.5 Å². The van der Waals surface area contributed by atoms with Gasteiger partial charge in [-0.15, -0.1) is 12.4 Å². The maximum absolute atomic E-state index is 13.6. The van der Waals surface area contributed by atoms with Crippen molar-refractivity contribution in [2.24, 2.45) is 0 Å². The largest absolute Gasteiger partial charge is 0.487 e. The summed E-state index contributed by atoms with van der Waals surface area (Å²) >= 11 is 5.91. The van der Waals surface area contributed by atoms with Gasteiger partial charge < -0.3 is 15.8 Å². The van der Waals surface area contributed by atoms with E-state index in [0.29, 0.717) is 17.9 Å². The first kappa shape index (κ1) is 19.3. The van der Waals surface area contributed by atoms with Crippen LogP contribution in [0.5, 0.6) is 5.75 Å². The van der Waals surface area contributed by atoms with Crippen LogP contribution in [0.2, 0.25) is 5.02 Å². The first-order valence-electron chi connectivity index (χ1n) is 7.60. The highest BCUT2D eigenvalue weighted by atomic mass is 35.5. The molecule has 0 saturated carbocycles. The van der Waals surface area contributed by atoms with Crippen LogP contribution in [0, 0.1) is 5.82 Å². The van der Waals surface area contributed by atoms with Gasteiger partial charge in [-0.2, -0.15) is 0 Å². The topological polar surface area (TPSA) is 64.4 Å². The fourth-order valence-corrected chi connectivity index (χ4v) is 3.13. The van der Waals surface area contributed by atoms with Crippen molar-refractivity contribution in [2.75, 3.05) is 5.73 Å². The summed E-state index contributed by atoms with van der Waals surface area (Å²) in [6.07, 6.45) is 0.558. The van der Waals surface area contributed by atoms with E-state index >= 15 is 0 Å². The molecule has 2 aromatic rings. The minimum atomic E-state index is -0.624. The molecule has 3 rings (SSSR count). The van der Waals surface area contributed by atoms with Crippen LogP contribution in [0.3, 0.4) is 0 Å². The third kappa shape index (κ3) is 3.99. The highest BCUT2D eigenvalue weighted by Crippen LogP contribution is 2.40. The van der Waals surface area contributed by atoms with Crippen molar-refractivity contribution in [1.82, 2.24) is 5.32 Å². The molecule has 1 atom stereocenters. The third-order valence-corrected chi connectivity index (χ3v) is 4.38. The summed E-state index contributed by atoms with van der Waals surface area (Å²) in [5.41, 5.74) is 6.89. The monoisotopic (exact) mass is 384 g/mol. The predicted octanol–water partition coefficient (Wildman–Crippen LogP) is 4.52. The second kappa shape index (κ2) is 7.10. The smallest absolute Gasteiger partial charge is 0.253 e. The minimum absolute atomic E-state index is 0. The molecule has 0 bridgehead atoms. The Balaban J connectivity index is 0.00000225. The number of nitrogen functional groups attached to an aromatic ring is 1. The first-order chi connectivity index (χ1) is 11.3. The Labute approximate surface area is 156 Å². The summed E-state index contributed by atoms with van der Waals surface area (Å²) in [4.78, 5) is 12.6. The van der Waals surface area contributed by atoms with Crippen molar-refractivity contribution in [2.45, 2.75) is 31.9 Å². The second-order valence-corrected chi connectivity index (χ2v) is 6.87. The average molecular weight is 385 g/mol. The molecule has 7 heteroatoms. The number of nitrogens with two attached hydrogens (primary N) is 1. The number of benzene rings is 2. The summed E-state index contributed by atoms with van der Waals surface area (Å²) in [6.45, 7) is 3.89. The molecular weight excluding hydrogens is 366 g/mol. The number of carbonyl (C=O) groups excluding carboxylic acids is 1. The van der Waals surface area contributed by atoms with E-state index in [9.17, 15) is 9.18 Å². The van der Waals surface area contributed by atoms with Crippen LogP contribution in [0.1, 0.15) is 42.2 Å². The van der Waals surface area contributed by atoms with Gasteiger partial charge in [0.05, 0.1) is 16.6 Å². The van der Waals surface area contributed by atoms with Crippen LogP contribution in [0.4, 0.5) is 10.1 Å². The maximum Gasteiger partial charge on any atom is 0.253 e. The van der Waals surface area contributed by atoms with Crippen LogP contribution in [-0.2, 0) is 0 Å². The van der Waals surface area contributed by atoms with Crippen LogP contribution in [0.15, 0.2) is 36.4 Å². The van der Waals surface area contributed by atoms with Crippen molar-refractivity contribution >= 4 is 35.6 Å². The number of fused-ring (bicyclic) bond motifs is 1. The number of hydrogen-bond acceptors (Lipinski definition) is 3. The molecule has 1 amide bonds. The standard InChI is InChI=1S/C18H18ClFN2O2.ClH/c1-18(2)9-14(12-8-10(21)6-7-15(12)24-18)22-17(23)11-4-3-5-13(20)16(11)19;/h3-8,14H,9,21H2,1-2H3,(H,22,23);1H. The van der Waals surface area contributed by atoms with Gasteiger partial charge in [-0.1, -0.05) is 17.7 Å². The van der Waals surface area contributed by atoms with E-state index in [0.717, 1.165) is 5.56 Å². The van der Waals surface area contributed by atoms with E-state index in [1.165, 1.54) is 18.2 Å². The number of amides is 1. The van der Waals surface area contributed by atoms with Gasteiger partial charge in [0.1, 0.15) is 17.2 Å². The molecule has 4 nitrogen and oxygen atoms in total. The fraction of sp³-hybridized carbons (Fsp3) is 0.278. The molecular formula is C18H19Cl2FN2O2. The molecule has 134 valence electrons. The predicted molar refractivity (Wildman–Crippen MR) is 99.0 cm³/mol. The molecule has 0 fully saturated rings. The zero-order chi connectivity index (χ0) is 17.5. The number of anilines is 1. The van der Waals surface area contributed by atoms with E-state index in [4.69, 9.17) is 22.1 Å². The Morgan fingerprint density at radius 3 is 2.80 bits per heavy atom. The quantitative estimate of drug-likeness (QED) is 0.748. The van der Waals surface area contributed by atoms with Crippen LogP contribution < -0.4 is 15.8 Å². The zero-order valence-corrected chi connectivity index (χ0v) is 15.4. The number of halogens is 3. The van der Waals surface area contributed by atoms with Gasteiger partial charge in [-0.25, -0.2) is 4.39 Å². The minimum Gasteiger partial charge on any atom is -0.487 e. The molecule has 1 aliphatic rings. The van der Waals surface area contributed by atoms with Gasteiger partial charge >= 0.3 is 0 Å². The summed E-state index contributed by atoms with van der Waals surface area (Å²) in [6, 6.07) is 9.18. The van der Waals surface area contributed by atoms with Crippen molar-refractivity contribution in [3.8, 4) is 5.75 Å². The normalized spacial score (nSPS) is 17.7. The Hall–Kier alpha value is -1.98. The van der Waals surface area contributed by atoms with Gasteiger partial charge in [0, 0.05) is 17.7 Å². The molecule has 0 aromatic heterocycles. The average Bonchev–Trinajstić information content (AvgIpc) is 2.50. The van der Waals surface area contributed by atoms with E-state index < -0.39 is 17.3 Å². The number of ether oxygens (including phenoxy) is 1. The second-order valence-electron chi connectivity index (χ2n) is 6.49. The Morgan fingerprint density at radius 2 is 2.08 bits per heavy atom. The highest BCUT2D eigenvalue weighted by Gasteiger charge is 2.35. The number of nitrogens with one attached hydrogen (secondary N) is 1. The van der Waals surface area contributed by atoms with Crippen LogP contribution >= 0.6 is 24.0 Å². The first-order valence-corrected chi connectivity index (χ1v) is 7.98. The summed E-state index contributed by atoms with van der Waals surface area (Å²) in [5.74, 6) is -0.382. The zero-order valence-electron chi connectivity index (χ0n) is 13.8.